The zero-order chi connectivity index (χ0) is 21.1. The zero-order valence-corrected chi connectivity index (χ0v) is 17.9. The van der Waals surface area contributed by atoms with Gasteiger partial charge in [0, 0.05) is 13.1 Å². The van der Waals surface area contributed by atoms with Gasteiger partial charge in [-0.3, -0.25) is 0 Å². The van der Waals surface area contributed by atoms with Gasteiger partial charge in [0.05, 0.1) is 10.8 Å². The molecule has 2 heterocycles. The molecular weight excluding hydrogens is 402 g/mol. The second-order valence-corrected chi connectivity index (χ2v) is 9.51. The molecule has 1 atom stereocenters. The third kappa shape index (κ3) is 4.39. The first kappa shape index (κ1) is 20.6. The summed E-state index contributed by atoms with van der Waals surface area (Å²) < 4.78 is 39.4. The molecule has 0 saturated carbocycles. The number of sulfonamides is 1. The maximum atomic E-state index is 13.2. The number of rotatable bonds is 6. The Labute approximate surface area is 176 Å². The van der Waals surface area contributed by atoms with Crippen molar-refractivity contribution in [3.63, 3.8) is 0 Å². The van der Waals surface area contributed by atoms with E-state index in [0.717, 1.165) is 29.7 Å². The summed E-state index contributed by atoms with van der Waals surface area (Å²) in [5.41, 5.74) is 1.80. The topological polar surface area (TPSA) is 85.5 Å². The van der Waals surface area contributed by atoms with Gasteiger partial charge in [-0.25, -0.2) is 8.42 Å². The lowest BCUT2D eigenvalue weighted by molar-refractivity contribution is 0.243. The lowest BCUT2D eigenvalue weighted by atomic mass is 10.00. The van der Waals surface area contributed by atoms with Gasteiger partial charge in [0.25, 0.3) is 5.89 Å². The maximum Gasteiger partial charge on any atom is 0.253 e. The van der Waals surface area contributed by atoms with Crippen molar-refractivity contribution in [1.82, 2.24) is 14.5 Å². The van der Waals surface area contributed by atoms with E-state index in [9.17, 15) is 8.42 Å². The van der Waals surface area contributed by atoms with Gasteiger partial charge >= 0.3 is 0 Å². The SMILES string of the molecule is Cc1ccc(S(=O)(=O)N2CCCC(c3nnc(COc4ccccc4)o3)C2)c(C)c1. The molecule has 1 aliphatic rings. The van der Waals surface area contributed by atoms with Gasteiger partial charge in [0.1, 0.15) is 5.75 Å². The van der Waals surface area contributed by atoms with Gasteiger partial charge in [0.15, 0.2) is 6.61 Å². The zero-order valence-electron chi connectivity index (χ0n) is 17.1. The van der Waals surface area contributed by atoms with Crippen LogP contribution in [0, 0.1) is 13.8 Å². The molecule has 4 rings (SSSR count). The van der Waals surface area contributed by atoms with E-state index in [0.29, 0.717) is 29.8 Å². The highest BCUT2D eigenvalue weighted by atomic mass is 32.2. The molecule has 1 fully saturated rings. The molecule has 2 aromatic carbocycles. The fraction of sp³-hybridized carbons (Fsp3) is 0.364. The van der Waals surface area contributed by atoms with Crippen LogP contribution in [0.3, 0.4) is 0 Å². The van der Waals surface area contributed by atoms with Crippen LogP contribution in [0.5, 0.6) is 5.75 Å². The Hall–Kier alpha value is -2.71. The lowest BCUT2D eigenvalue weighted by Gasteiger charge is -2.30. The molecule has 1 aliphatic heterocycles. The molecule has 1 saturated heterocycles. The predicted octanol–water partition coefficient (Wildman–Crippen LogP) is 3.83. The van der Waals surface area contributed by atoms with Crippen molar-refractivity contribution >= 4 is 10.0 Å². The van der Waals surface area contributed by atoms with E-state index in [-0.39, 0.29) is 12.5 Å². The smallest absolute Gasteiger partial charge is 0.253 e. The number of ether oxygens (including phenoxy) is 1. The number of benzene rings is 2. The average molecular weight is 428 g/mol. The van der Waals surface area contributed by atoms with Crippen molar-refractivity contribution in [1.29, 1.82) is 0 Å². The molecule has 0 spiro atoms. The van der Waals surface area contributed by atoms with E-state index < -0.39 is 10.0 Å². The number of nitrogens with zero attached hydrogens (tertiary/aromatic N) is 3. The molecule has 0 radical (unpaired) electrons. The molecule has 0 bridgehead atoms. The summed E-state index contributed by atoms with van der Waals surface area (Å²) in [7, 11) is -3.57. The fourth-order valence-electron chi connectivity index (χ4n) is 3.74. The van der Waals surface area contributed by atoms with Crippen molar-refractivity contribution in [3.05, 3.63) is 71.4 Å². The summed E-state index contributed by atoms with van der Waals surface area (Å²) in [5.74, 6) is 1.43. The van der Waals surface area contributed by atoms with Crippen molar-refractivity contribution in [2.45, 2.75) is 44.1 Å². The molecule has 1 aromatic heterocycles. The standard InChI is InChI=1S/C22H25N3O4S/c1-16-10-11-20(17(2)13-16)30(26,27)25-12-6-7-18(14-25)22-24-23-21(29-22)15-28-19-8-4-3-5-9-19/h3-5,8-11,13,18H,6-7,12,14-15H2,1-2H3. The predicted molar refractivity (Wildman–Crippen MR) is 112 cm³/mol. The number of aryl methyl sites for hydroxylation is 2. The first-order valence-corrected chi connectivity index (χ1v) is 11.4. The van der Waals surface area contributed by atoms with Crippen molar-refractivity contribution in [3.8, 4) is 5.75 Å². The number of piperidine rings is 1. The van der Waals surface area contributed by atoms with Gasteiger partial charge in [-0.05, 0) is 50.5 Å². The summed E-state index contributed by atoms with van der Waals surface area (Å²) in [4.78, 5) is 0.358. The molecule has 30 heavy (non-hydrogen) atoms. The molecule has 7 nitrogen and oxygen atoms in total. The Morgan fingerprint density at radius 1 is 1.13 bits per heavy atom. The number of aromatic nitrogens is 2. The average Bonchev–Trinajstić information content (AvgIpc) is 3.22. The summed E-state index contributed by atoms with van der Waals surface area (Å²) in [6.07, 6.45) is 1.55. The molecular formula is C22H25N3O4S. The van der Waals surface area contributed by atoms with Crippen molar-refractivity contribution in [2.75, 3.05) is 13.1 Å². The normalized spacial score (nSPS) is 17.7. The second kappa shape index (κ2) is 8.57. The summed E-state index contributed by atoms with van der Waals surface area (Å²) in [6, 6.07) is 14.8. The highest BCUT2D eigenvalue weighted by molar-refractivity contribution is 7.89. The summed E-state index contributed by atoms with van der Waals surface area (Å²) in [6.45, 7) is 4.78. The van der Waals surface area contributed by atoms with Crippen LogP contribution in [0.4, 0.5) is 0 Å². The fourth-order valence-corrected chi connectivity index (χ4v) is 5.47. The van der Waals surface area contributed by atoms with Crippen LogP contribution in [0.2, 0.25) is 0 Å². The first-order valence-electron chi connectivity index (χ1n) is 10.0. The van der Waals surface area contributed by atoms with Gasteiger partial charge in [0.2, 0.25) is 15.9 Å². The number of hydrogen-bond donors (Lipinski definition) is 0. The van der Waals surface area contributed by atoms with Gasteiger partial charge in [-0.2, -0.15) is 4.31 Å². The molecule has 8 heteroatoms. The molecule has 3 aromatic rings. The number of para-hydroxylation sites is 1. The van der Waals surface area contributed by atoms with E-state index in [1.807, 2.05) is 56.3 Å². The second-order valence-electron chi connectivity index (χ2n) is 7.61. The van der Waals surface area contributed by atoms with E-state index in [1.165, 1.54) is 4.31 Å². The van der Waals surface area contributed by atoms with E-state index in [4.69, 9.17) is 9.15 Å². The Morgan fingerprint density at radius 2 is 1.93 bits per heavy atom. The van der Waals surface area contributed by atoms with Gasteiger partial charge < -0.3 is 9.15 Å². The van der Waals surface area contributed by atoms with Crippen molar-refractivity contribution < 1.29 is 17.6 Å². The van der Waals surface area contributed by atoms with Crippen LogP contribution in [0.25, 0.3) is 0 Å². The lowest BCUT2D eigenvalue weighted by Crippen LogP contribution is -2.39. The van der Waals surface area contributed by atoms with Crippen LogP contribution in [0.1, 0.15) is 41.7 Å². The molecule has 0 N–H and O–H groups in total. The van der Waals surface area contributed by atoms with Gasteiger partial charge in [-0.1, -0.05) is 35.9 Å². The van der Waals surface area contributed by atoms with Crippen LogP contribution in [0.15, 0.2) is 57.8 Å². The third-order valence-corrected chi connectivity index (χ3v) is 7.29. The Morgan fingerprint density at radius 3 is 2.70 bits per heavy atom. The number of hydrogen-bond acceptors (Lipinski definition) is 6. The molecule has 0 amide bonds. The molecule has 158 valence electrons. The van der Waals surface area contributed by atoms with E-state index in [2.05, 4.69) is 10.2 Å². The van der Waals surface area contributed by atoms with Crippen molar-refractivity contribution in [2.24, 2.45) is 0 Å². The Balaban J connectivity index is 1.46. The molecule has 1 unspecified atom stereocenters. The highest BCUT2D eigenvalue weighted by Crippen LogP contribution is 2.31. The minimum Gasteiger partial charge on any atom is -0.484 e. The van der Waals surface area contributed by atoms with Crippen LogP contribution < -0.4 is 4.74 Å². The van der Waals surface area contributed by atoms with Gasteiger partial charge in [-0.15, -0.1) is 10.2 Å². The maximum absolute atomic E-state index is 13.2. The largest absolute Gasteiger partial charge is 0.484 e. The van der Waals surface area contributed by atoms with E-state index >= 15 is 0 Å². The molecule has 0 aliphatic carbocycles. The highest BCUT2D eigenvalue weighted by Gasteiger charge is 2.34. The third-order valence-electron chi connectivity index (χ3n) is 5.27. The minimum absolute atomic E-state index is 0.128. The Bertz CT molecular complexity index is 1110. The minimum atomic E-state index is -3.57. The Kier molecular flexibility index (Phi) is 5.87. The first-order chi connectivity index (χ1) is 14.4. The summed E-state index contributed by atoms with van der Waals surface area (Å²) >= 11 is 0. The van der Waals surface area contributed by atoms with Crippen LogP contribution in [-0.4, -0.2) is 36.0 Å². The van der Waals surface area contributed by atoms with Crippen LogP contribution in [-0.2, 0) is 16.6 Å². The van der Waals surface area contributed by atoms with E-state index in [1.54, 1.807) is 6.07 Å². The quantitative estimate of drug-likeness (QED) is 0.594. The summed E-state index contributed by atoms with van der Waals surface area (Å²) in [5, 5.41) is 8.22. The monoisotopic (exact) mass is 427 g/mol. The van der Waals surface area contributed by atoms with Crippen LogP contribution >= 0.6 is 0 Å².